The van der Waals surface area contributed by atoms with E-state index in [4.69, 9.17) is 9.47 Å². The molecule has 0 radical (unpaired) electrons. The van der Waals surface area contributed by atoms with Crippen molar-refractivity contribution in [3.63, 3.8) is 0 Å². The van der Waals surface area contributed by atoms with Crippen LogP contribution in [0.3, 0.4) is 0 Å². The zero-order valence-corrected chi connectivity index (χ0v) is 25.5. The van der Waals surface area contributed by atoms with Crippen LogP contribution in [0.25, 0.3) is 0 Å². The van der Waals surface area contributed by atoms with Crippen LogP contribution in [0.5, 0.6) is 11.5 Å². The fourth-order valence-electron chi connectivity index (χ4n) is 4.46. The molecular formula is C29H35N3O6S3. The molecule has 0 spiro atoms. The van der Waals surface area contributed by atoms with Gasteiger partial charge in [0.15, 0.2) is 11.5 Å². The lowest BCUT2D eigenvalue weighted by atomic mass is 10.0. The van der Waals surface area contributed by atoms with Crippen molar-refractivity contribution >= 4 is 51.7 Å². The van der Waals surface area contributed by atoms with Crippen LogP contribution < -0.4 is 20.1 Å². The average Bonchev–Trinajstić information content (AvgIpc) is 3.74. The van der Waals surface area contributed by atoms with E-state index >= 15 is 0 Å². The summed E-state index contributed by atoms with van der Waals surface area (Å²) in [5, 5.41) is 19.2. The van der Waals surface area contributed by atoms with Crippen LogP contribution in [0.2, 0.25) is 0 Å². The number of nitrogens with zero attached hydrogens (tertiary/aromatic N) is 1. The summed E-state index contributed by atoms with van der Waals surface area (Å²) >= 11 is 4.45. The number of benzene rings is 1. The highest BCUT2D eigenvalue weighted by Crippen LogP contribution is 2.35. The molecule has 1 unspecified atom stereocenters. The highest BCUT2D eigenvalue weighted by molar-refractivity contribution is 8.13. The van der Waals surface area contributed by atoms with Gasteiger partial charge in [-0.1, -0.05) is 49.7 Å². The first-order valence-electron chi connectivity index (χ1n) is 13.5. The number of fused-ring (bicyclic) bond motifs is 1. The lowest BCUT2D eigenvalue weighted by Gasteiger charge is -2.29. The van der Waals surface area contributed by atoms with Crippen LogP contribution in [0.4, 0.5) is 9.59 Å². The maximum absolute atomic E-state index is 13.5. The van der Waals surface area contributed by atoms with Crippen LogP contribution in [-0.4, -0.2) is 45.8 Å². The SMILES string of the molecule is CCCC[C@@H](CSC(=O)N(Cc1cccs1)[C@@H](C)c1cccs1)NC(=O)NC(CC(=O)O)c1ccc2c(c1)OCO2. The number of urea groups is 1. The highest BCUT2D eigenvalue weighted by atomic mass is 32.2. The van der Waals surface area contributed by atoms with Gasteiger partial charge >= 0.3 is 12.0 Å². The summed E-state index contributed by atoms with van der Waals surface area (Å²) in [6, 6.07) is 11.6. The number of ether oxygens (including phenoxy) is 2. The van der Waals surface area contributed by atoms with E-state index in [-0.39, 0.29) is 30.5 Å². The van der Waals surface area contributed by atoms with Gasteiger partial charge < -0.3 is 30.1 Å². The molecule has 12 heteroatoms. The maximum Gasteiger partial charge on any atom is 0.315 e. The second kappa shape index (κ2) is 15.1. The minimum absolute atomic E-state index is 0.0490. The van der Waals surface area contributed by atoms with Crippen LogP contribution in [0, 0.1) is 0 Å². The van der Waals surface area contributed by atoms with E-state index in [1.54, 1.807) is 40.9 Å². The molecule has 41 heavy (non-hydrogen) atoms. The van der Waals surface area contributed by atoms with E-state index in [0.29, 0.717) is 35.8 Å². The van der Waals surface area contributed by atoms with Gasteiger partial charge in [0.2, 0.25) is 6.79 Å². The van der Waals surface area contributed by atoms with Gasteiger partial charge in [0.1, 0.15) is 0 Å². The Morgan fingerprint density at radius 2 is 1.85 bits per heavy atom. The topological polar surface area (TPSA) is 117 Å². The summed E-state index contributed by atoms with van der Waals surface area (Å²) in [5.41, 5.74) is 0.605. The Morgan fingerprint density at radius 3 is 2.56 bits per heavy atom. The van der Waals surface area contributed by atoms with E-state index in [9.17, 15) is 19.5 Å². The summed E-state index contributed by atoms with van der Waals surface area (Å²) in [6.07, 6.45) is 2.23. The molecule has 3 atom stereocenters. The first-order chi connectivity index (χ1) is 19.8. The number of carbonyl (C=O) groups excluding carboxylic acids is 2. The molecule has 2 aromatic heterocycles. The Morgan fingerprint density at radius 1 is 1.07 bits per heavy atom. The van der Waals surface area contributed by atoms with Crippen molar-refractivity contribution in [1.82, 2.24) is 15.5 Å². The number of thioether (sulfide) groups is 1. The normalized spacial score (nSPS) is 14.2. The van der Waals surface area contributed by atoms with Gasteiger partial charge in [-0.25, -0.2) is 4.79 Å². The number of hydrogen-bond donors (Lipinski definition) is 3. The molecule has 0 fully saturated rings. The summed E-state index contributed by atoms with van der Waals surface area (Å²) in [6.45, 7) is 4.73. The fourth-order valence-corrected chi connectivity index (χ4v) is 6.94. The van der Waals surface area contributed by atoms with Crippen molar-refractivity contribution in [3.05, 3.63) is 68.5 Å². The first kappa shape index (κ1) is 30.7. The molecule has 1 aliphatic heterocycles. The van der Waals surface area contributed by atoms with Crippen molar-refractivity contribution in [2.24, 2.45) is 0 Å². The molecule has 0 aliphatic carbocycles. The maximum atomic E-state index is 13.5. The molecule has 4 rings (SSSR count). The Bertz CT molecular complexity index is 1280. The van der Waals surface area contributed by atoms with Gasteiger partial charge in [-0.2, -0.15) is 0 Å². The van der Waals surface area contributed by atoms with E-state index in [0.717, 1.165) is 22.6 Å². The van der Waals surface area contributed by atoms with Gasteiger partial charge in [0.05, 0.1) is 25.0 Å². The molecule has 0 bridgehead atoms. The molecule has 9 nitrogen and oxygen atoms in total. The summed E-state index contributed by atoms with van der Waals surface area (Å²) in [4.78, 5) is 42.3. The van der Waals surface area contributed by atoms with Crippen molar-refractivity contribution < 1.29 is 29.0 Å². The lowest BCUT2D eigenvalue weighted by Crippen LogP contribution is -2.45. The third-order valence-electron chi connectivity index (χ3n) is 6.70. The largest absolute Gasteiger partial charge is 0.481 e. The predicted octanol–water partition coefficient (Wildman–Crippen LogP) is 7.03. The molecule has 3 N–H and O–H groups in total. The molecule has 3 heterocycles. The zero-order valence-electron chi connectivity index (χ0n) is 23.0. The molecule has 1 aromatic carbocycles. The first-order valence-corrected chi connectivity index (χ1v) is 16.3. The monoisotopic (exact) mass is 617 g/mol. The Labute approximate surface area is 252 Å². The standard InChI is InChI=1S/C29H35N3O6S3/c1-3-4-7-21(17-41-29(36)32(16-22-8-5-12-39-22)19(2)26-9-6-13-40-26)30-28(35)31-23(15-27(33)34)20-10-11-24-25(14-20)38-18-37-24/h5-6,8-14,19,21,23H,3-4,7,15-18H2,1-2H3,(H,33,34)(H2,30,31,35)/t19-,21-,23?/m0/s1. The Hall–Kier alpha value is -3.22. The van der Waals surface area contributed by atoms with Crippen LogP contribution in [0.1, 0.15) is 66.9 Å². The van der Waals surface area contributed by atoms with Gasteiger partial charge in [-0.3, -0.25) is 9.59 Å². The molecule has 3 amide bonds. The number of hydrogen-bond acceptors (Lipinski definition) is 8. The van der Waals surface area contributed by atoms with Crippen molar-refractivity contribution in [2.45, 2.75) is 64.2 Å². The van der Waals surface area contributed by atoms with Gasteiger partial charge in [0.25, 0.3) is 5.24 Å². The third-order valence-corrected chi connectivity index (χ3v) is 9.65. The van der Waals surface area contributed by atoms with Crippen LogP contribution in [0.15, 0.2) is 53.2 Å². The summed E-state index contributed by atoms with van der Waals surface area (Å²) in [5.74, 6) is 0.454. The van der Waals surface area contributed by atoms with E-state index < -0.39 is 18.0 Å². The number of rotatable bonds is 14. The molecule has 220 valence electrons. The minimum atomic E-state index is -1.04. The molecular weight excluding hydrogens is 583 g/mol. The Balaban J connectivity index is 1.40. The molecule has 3 aromatic rings. The van der Waals surface area contributed by atoms with E-state index in [1.807, 2.05) is 46.8 Å². The number of unbranched alkanes of at least 4 members (excludes halogenated alkanes) is 1. The fraction of sp³-hybridized carbons (Fsp3) is 0.414. The average molecular weight is 618 g/mol. The molecule has 1 aliphatic rings. The minimum Gasteiger partial charge on any atom is -0.481 e. The van der Waals surface area contributed by atoms with Gasteiger partial charge in [-0.15, -0.1) is 22.7 Å². The molecule has 0 saturated heterocycles. The van der Waals surface area contributed by atoms with Crippen molar-refractivity contribution in [3.8, 4) is 11.5 Å². The number of amides is 3. The number of carboxylic acids is 1. The Kier molecular flexibility index (Phi) is 11.3. The molecule has 0 saturated carbocycles. The lowest BCUT2D eigenvalue weighted by molar-refractivity contribution is -0.137. The number of carbonyl (C=O) groups is 3. The predicted molar refractivity (Wildman–Crippen MR) is 163 cm³/mol. The quantitative estimate of drug-likeness (QED) is 0.178. The summed E-state index contributed by atoms with van der Waals surface area (Å²) < 4.78 is 10.8. The van der Waals surface area contributed by atoms with Crippen LogP contribution in [-0.2, 0) is 11.3 Å². The zero-order chi connectivity index (χ0) is 29.2. The second-order valence-corrected chi connectivity index (χ2v) is 12.7. The van der Waals surface area contributed by atoms with Crippen molar-refractivity contribution in [2.75, 3.05) is 12.5 Å². The van der Waals surface area contributed by atoms with Crippen LogP contribution >= 0.6 is 34.4 Å². The number of nitrogens with one attached hydrogen (secondary N) is 2. The second-order valence-electron chi connectivity index (χ2n) is 9.70. The van der Waals surface area contributed by atoms with E-state index in [1.165, 1.54) is 11.8 Å². The van der Waals surface area contributed by atoms with Gasteiger partial charge in [-0.05, 0) is 53.9 Å². The third kappa shape index (κ3) is 8.88. The van der Waals surface area contributed by atoms with Gasteiger partial charge in [0, 0.05) is 21.5 Å². The number of aliphatic carboxylic acids is 1. The summed E-state index contributed by atoms with van der Waals surface area (Å²) in [7, 11) is 0. The van der Waals surface area contributed by atoms with Crippen molar-refractivity contribution in [1.29, 1.82) is 0 Å². The smallest absolute Gasteiger partial charge is 0.315 e. The number of carboxylic acid groups (broad SMARTS) is 1. The highest BCUT2D eigenvalue weighted by Gasteiger charge is 2.26. The number of thiophene rings is 2. The van der Waals surface area contributed by atoms with E-state index in [2.05, 4.69) is 17.6 Å².